The predicted molar refractivity (Wildman–Crippen MR) is 279 cm³/mol. The lowest BCUT2D eigenvalue weighted by Gasteiger charge is -2.21. The van der Waals surface area contributed by atoms with Crippen LogP contribution in [-0.4, -0.2) is 68.6 Å². The number of pyridine rings is 6. The summed E-state index contributed by atoms with van der Waals surface area (Å²) in [6.45, 7) is 2.03. The van der Waals surface area contributed by atoms with Gasteiger partial charge < -0.3 is 34.1 Å². The Morgan fingerprint density at radius 3 is 1.91 bits per heavy atom. The minimum absolute atomic E-state index is 0.210. The van der Waals surface area contributed by atoms with Crippen molar-refractivity contribution in [1.29, 1.82) is 0 Å². The van der Waals surface area contributed by atoms with E-state index < -0.39 is 27.6 Å². The highest BCUT2D eigenvalue weighted by Gasteiger charge is 2.33. The molecular formula is C56H54N8O8P2+4. The molecule has 7 heterocycles. The third-order valence-corrected chi connectivity index (χ3v) is 14.8. The molecule has 4 N–H and O–H groups in total. The van der Waals surface area contributed by atoms with E-state index in [1.165, 1.54) is 4.90 Å². The molecule has 0 fully saturated rings. The number of carbonyl (C=O) groups is 1. The standard InChI is InChI=1S/C56H50N8O8P2/c1-59(49-10-12-51-52(36-49)56(65)72-55(51)45-6-8-48(9-7-45)60(2)39-74(69,70)71)31-32-61-23-14-41(15-24-61)44-20-29-64(30-21-44)54-5-3-4-47(58-54)38-62-25-16-42(17-26-62)43-18-27-63(28-19-43)50-11-13-53-46(35-50)34-40(37-57-53)22-33-73(66,67)68/h3-21,23-30,34-37,55H,22,31-33,38-39H2,1-2H3/p+4. The Morgan fingerprint density at radius 2 is 1.26 bits per heavy atom. The molecule has 0 saturated carbocycles. The molecule has 0 saturated heterocycles. The Kier molecular flexibility index (Phi) is 14.1. The maximum atomic E-state index is 13.0. The van der Waals surface area contributed by atoms with E-state index >= 15 is 0 Å². The number of aromatic nitrogens is 6. The van der Waals surface area contributed by atoms with Crippen molar-refractivity contribution in [3.63, 3.8) is 0 Å². The maximum Gasteiger partial charge on any atom is 0.344 e. The number of fused-ring (bicyclic) bond motifs is 2. The Labute approximate surface area is 427 Å². The molecule has 1 aliphatic rings. The van der Waals surface area contributed by atoms with Gasteiger partial charge in [0.05, 0.1) is 36.2 Å². The van der Waals surface area contributed by atoms with E-state index in [0.29, 0.717) is 24.3 Å². The Bertz CT molecular complexity index is 3600. The third-order valence-electron chi connectivity index (χ3n) is 13.2. The van der Waals surface area contributed by atoms with Gasteiger partial charge in [-0.2, -0.15) is 9.13 Å². The van der Waals surface area contributed by atoms with Crippen molar-refractivity contribution in [2.24, 2.45) is 0 Å². The van der Waals surface area contributed by atoms with Gasteiger partial charge in [-0.15, -0.1) is 0 Å². The van der Waals surface area contributed by atoms with Crippen LogP contribution in [0.15, 0.2) is 189 Å². The van der Waals surface area contributed by atoms with Gasteiger partial charge in [0.2, 0.25) is 17.9 Å². The number of anilines is 2. The molecule has 1 atom stereocenters. The van der Waals surface area contributed by atoms with Crippen LogP contribution < -0.4 is 28.1 Å². The number of aryl methyl sites for hydroxylation is 1. The molecule has 0 amide bonds. The zero-order valence-electron chi connectivity index (χ0n) is 40.6. The summed E-state index contributed by atoms with van der Waals surface area (Å²) in [5, 5.41) is 0.907. The van der Waals surface area contributed by atoms with Crippen LogP contribution in [0, 0.1) is 0 Å². The van der Waals surface area contributed by atoms with E-state index in [2.05, 4.69) is 92.3 Å². The molecule has 74 heavy (non-hydrogen) atoms. The summed E-state index contributed by atoms with van der Waals surface area (Å²) in [5.41, 5.74) is 11.4. The van der Waals surface area contributed by atoms with Crippen LogP contribution >= 0.6 is 15.2 Å². The van der Waals surface area contributed by atoms with Crippen molar-refractivity contribution in [2.75, 3.05) is 42.9 Å². The Balaban J connectivity index is 0.718. The predicted octanol–water partition coefficient (Wildman–Crippen LogP) is 6.83. The molecule has 1 unspecified atom stereocenters. The molecule has 0 radical (unpaired) electrons. The highest BCUT2D eigenvalue weighted by Crippen LogP contribution is 2.40. The second-order valence-corrected chi connectivity index (χ2v) is 21.9. The fraction of sp³-hybridized carbons (Fsp3) is 0.161. The Hall–Kier alpha value is -7.81. The normalized spacial score (nSPS) is 13.4. The van der Waals surface area contributed by atoms with Gasteiger partial charge in [0.1, 0.15) is 6.29 Å². The molecule has 16 nitrogen and oxygen atoms in total. The summed E-state index contributed by atoms with van der Waals surface area (Å²) in [5.74, 6) is 0.431. The van der Waals surface area contributed by atoms with Crippen molar-refractivity contribution in [2.45, 2.75) is 25.6 Å². The van der Waals surface area contributed by atoms with Gasteiger partial charge in [0.15, 0.2) is 49.8 Å². The first-order valence-corrected chi connectivity index (χ1v) is 27.5. The molecule has 372 valence electrons. The summed E-state index contributed by atoms with van der Waals surface area (Å²) in [6, 6.07) is 43.6. The van der Waals surface area contributed by atoms with E-state index in [0.717, 1.165) is 79.3 Å². The monoisotopic (exact) mass is 1030 g/mol. The lowest BCUT2D eigenvalue weighted by Crippen LogP contribution is -2.39. The average Bonchev–Trinajstić information content (AvgIpc) is 3.74. The summed E-state index contributed by atoms with van der Waals surface area (Å²) in [4.78, 5) is 63.4. The number of cyclic esters (lactones) is 1. The lowest BCUT2D eigenvalue weighted by molar-refractivity contribution is -0.694. The number of esters is 1. The van der Waals surface area contributed by atoms with Crippen molar-refractivity contribution in [3.8, 4) is 33.8 Å². The van der Waals surface area contributed by atoms with Gasteiger partial charge in [0, 0.05) is 97.2 Å². The first kappa shape index (κ1) is 49.8. The molecule has 9 aromatic rings. The first-order valence-electron chi connectivity index (χ1n) is 23.9. The van der Waals surface area contributed by atoms with E-state index in [1.807, 2.05) is 114 Å². The number of carbonyl (C=O) groups excluding carboxylic acids is 1. The van der Waals surface area contributed by atoms with Gasteiger partial charge in [-0.25, -0.2) is 13.9 Å². The minimum atomic E-state index is -4.21. The number of benzene rings is 3. The minimum Gasteiger partial charge on any atom is -0.449 e. The second-order valence-electron chi connectivity index (χ2n) is 18.5. The average molecular weight is 1030 g/mol. The van der Waals surface area contributed by atoms with Crippen molar-refractivity contribution < 1.29 is 56.5 Å². The highest BCUT2D eigenvalue weighted by molar-refractivity contribution is 7.52. The van der Waals surface area contributed by atoms with Gasteiger partial charge in [-0.1, -0.05) is 18.2 Å². The number of nitrogens with zero attached hydrogens (tertiary/aromatic N) is 8. The smallest absolute Gasteiger partial charge is 0.344 e. The molecule has 3 aromatic carbocycles. The van der Waals surface area contributed by atoms with E-state index in [-0.39, 0.29) is 18.6 Å². The topological polar surface area (TPSA) is 189 Å². The molecule has 18 heteroatoms. The van der Waals surface area contributed by atoms with Crippen molar-refractivity contribution in [1.82, 2.24) is 9.97 Å². The molecule has 0 aliphatic carbocycles. The number of rotatable bonds is 17. The van der Waals surface area contributed by atoms with Gasteiger partial charge in [-0.05, 0) is 105 Å². The quantitative estimate of drug-likeness (QED) is 0.0424. The summed E-state index contributed by atoms with van der Waals surface area (Å²) in [6.07, 6.45) is 17.1. The van der Waals surface area contributed by atoms with Gasteiger partial charge in [-0.3, -0.25) is 14.1 Å². The second kappa shape index (κ2) is 21.0. The van der Waals surface area contributed by atoms with Crippen LogP contribution in [-0.2, 0) is 33.4 Å². The molecular weight excluding hydrogens is 975 g/mol. The largest absolute Gasteiger partial charge is 0.449 e. The zero-order valence-corrected chi connectivity index (χ0v) is 42.4. The van der Waals surface area contributed by atoms with Crippen LogP contribution in [0.4, 0.5) is 11.4 Å². The summed E-state index contributed by atoms with van der Waals surface area (Å²) < 4.78 is 36.9. The van der Waals surface area contributed by atoms with Crippen LogP contribution in [0.3, 0.4) is 0 Å². The highest BCUT2D eigenvalue weighted by atomic mass is 31.2. The Morgan fingerprint density at radius 1 is 0.635 bits per heavy atom. The summed E-state index contributed by atoms with van der Waals surface area (Å²) in [7, 11) is -4.69. The van der Waals surface area contributed by atoms with E-state index in [4.69, 9.17) is 9.72 Å². The molecule has 1 aliphatic heterocycles. The maximum absolute atomic E-state index is 13.0. The van der Waals surface area contributed by atoms with Crippen molar-refractivity contribution >= 4 is 43.4 Å². The molecule has 10 rings (SSSR count). The zero-order chi connectivity index (χ0) is 51.6. The SMILES string of the molecule is CN(CC[n+]1ccc(-c2cc[n+](-c3cccc(C[n+]4ccc(-c5cc[n+](-c6ccc7ncc(CCP(=O)(O)O)cc7c6)cc5)cc4)n3)cc2)cc1)c1ccc2c(c1)C(=O)OC2c1ccc(N(C)CP(=O)(O)O)cc1. The lowest BCUT2D eigenvalue weighted by atomic mass is 9.98. The van der Waals surface area contributed by atoms with Crippen LogP contribution in [0.25, 0.3) is 44.7 Å². The van der Waals surface area contributed by atoms with E-state index in [1.54, 1.807) is 25.4 Å². The van der Waals surface area contributed by atoms with Crippen molar-refractivity contribution in [3.05, 3.63) is 217 Å². The van der Waals surface area contributed by atoms with Crippen LogP contribution in [0.1, 0.15) is 38.8 Å². The third kappa shape index (κ3) is 11.8. The van der Waals surface area contributed by atoms with Crippen LogP contribution in [0.5, 0.6) is 0 Å². The summed E-state index contributed by atoms with van der Waals surface area (Å²) >= 11 is 0. The van der Waals surface area contributed by atoms with Gasteiger partial charge in [0.25, 0.3) is 0 Å². The first-order chi connectivity index (χ1) is 35.6. The number of hydrogen-bond acceptors (Lipinski definition) is 8. The number of ether oxygens (including phenoxy) is 1. The van der Waals surface area contributed by atoms with E-state index in [9.17, 15) is 33.5 Å². The molecule has 0 spiro atoms. The fourth-order valence-corrected chi connectivity index (χ4v) is 10.3. The van der Waals surface area contributed by atoms with Crippen LogP contribution in [0.2, 0.25) is 0 Å². The van der Waals surface area contributed by atoms with Gasteiger partial charge >= 0.3 is 27.0 Å². The molecule has 0 bridgehead atoms. The molecule has 6 aromatic heterocycles. The number of hydrogen-bond donors (Lipinski definition) is 4. The number of likely N-dealkylation sites (N-methyl/N-ethyl adjacent to an activating group) is 1. The fourth-order valence-electron chi connectivity index (χ4n) is 9.06.